The monoisotopic (exact) mass is 335 g/mol. The number of amides is 2. The fourth-order valence-electron chi connectivity index (χ4n) is 2.59. The molecule has 6 heteroatoms. The lowest BCUT2D eigenvalue weighted by Gasteiger charge is -2.07. The predicted molar refractivity (Wildman–Crippen MR) is 93.0 cm³/mol. The molecule has 0 spiro atoms. The van der Waals surface area contributed by atoms with E-state index in [1.165, 1.54) is 0 Å². The first-order valence-electron chi connectivity index (χ1n) is 7.86. The van der Waals surface area contributed by atoms with Crippen LogP contribution in [0.2, 0.25) is 0 Å². The predicted octanol–water partition coefficient (Wildman–Crippen LogP) is 2.78. The molecule has 0 radical (unpaired) electrons. The van der Waals surface area contributed by atoms with E-state index in [4.69, 9.17) is 10.00 Å². The topological polar surface area (TPSA) is 91.2 Å². The zero-order valence-corrected chi connectivity index (χ0v) is 13.7. The van der Waals surface area contributed by atoms with Crippen LogP contribution in [-0.4, -0.2) is 18.9 Å². The average molecular weight is 335 g/mol. The Morgan fingerprint density at radius 2 is 1.68 bits per heavy atom. The Bertz CT molecular complexity index is 840. The molecule has 0 bridgehead atoms. The smallest absolute Gasteiger partial charge is 0.228 e. The third-order valence-electron chi connectivity index (χ3n) is 4.08. The molecular weight excluding hydrogens is 318 g/mol. The van der Waals surface area contributed by atoms with Crippen LogP contribution in [0.25, 0.3) is 0 Å². The van der Waals surface area contributed by atoms with Gasteiger partial charge in [-0.25, -0.2) is 0 Å². The van der Waals surface area contributed by atoms with E-state index in [0.717, 1.165) is 0 Å². The van der Waals surface area contributed by atoms with E-state index in [1.807, 2.05) is 6.07 Å². The number of rotatable bonds is 5. The van der Waals surface area contributed by atoms with E-state index in [1.54, 1.807) is 55.6 Å². The summed E-state index contributed by atoms with van der Waals surface area (Å²) >= 11 is 0. The van der Waals surface area contributed by atoms with E-state index >= 15 is 0 Å². The highest BCUT2D eigenvalue weighted by Crippen LogP contribution is 2.40. The number of nitriles is 1. The Kier molecular flexibility index (Phi) is 4.66. The minimum atomic E-state index is -0.344. The third kappa shape index (κ3) is 3.96. The zero-order chi connectivity index (χ0) is 17.8. The maximum atomic E-state index is 12.2. The second-order valence-corrected chi connectivity index (χ2v) is 5.85. The number of carbonyl (C=O) groups excluding carboxylic acids is 2. The quantitative estimate of drug-likeness (QED) is 0.879. The summed E-state index contributed by atoms with van der Waals surface area (Å²) < 4.78 is 5.07. The van der Waals surface area contributed by atoms with Crippen LogP contribution in [0.15, 0.2) is 48.5 Å². The molecule has 2 unspecified atom stereocenters. The van der Waals surface area contributed by atoms with Gasteiger partial charge in [0.25, 0.3) is 0 Å². The summed E-state index contributed by atoms with van der Waals surface area (Å²) in [6.45, 7) is 0. The van der Waals surface area contributed by atoms with Crippen LogP contribution >= 0.6 is 0 Å². The molecule has 25 heavy (non-hydrogen) atoms. The molecule has 0 aliphatic heterocycles. The van der Waals surface area contributed by atoms with Crippen LogP contribution in [0, 0.1) is 23.2 Å². The normalized spacial score (nSPS) is 17.9. The number of hydrogen-bond donors (Lipinski definition) is 2. The lowest BCUT2D eigenvalue weighted by Crippen LogP contribution is -2.20. The fraction of sp³-hybridized carbons (Fsp3) is 0.211. The highest BCUT2D eigenvalue weighted by atomic mass is 16.5. The van der Waals surface area contributed by atoms with E-state index in [0.29, 0.717) is 29.1 Å². The van der Waals surface area contributed by atoms with Gasteiger partial charge in [-0.05, 0) is 48.9 Å². The maximum Gasteiger partial charge on any atom is 0.228 e. The summed E-state index contributed by atoms with van der Waals surface area (Å²) in [5.41, 5.74) is 1.70. The summed E-state index contributed by atoms with van der Waals surface area (Å²) in [4.78, 5) is 24.5. The van der Waals surface area contributed by atoms with Crippen molar-refractivity contribution in [3.05, 3.63) is 54.1 Å². The van der Waals surface area contributed by atoms with Gasteiger partial charge < -0.3 is 15.4 Å². The van der Waals surface area contributed by atoms with Gasteiger partial charge in [0.15, 0.2) is 0 Å². The number of methoxy groups -OCH3 is 1. The molecule has 0 saturated heterocycles. The average Bonchev–Trinajstić information content (AvgIpc) is 3.43. The molecule has 1 fully saturated rings. The molecule has 0 heterocycles. The van der Waals surface area contributed by atoms with Crippen LogP contribution in [0.4, 0.5) is 11.4 Å². The second-order valence-electron chi connectivity index (χ2n) is 5.85. The van der Waals surface area contributed by atoms with Crippen LogP contribution in [-0.2, 0) is 9.59 Å². The van der Waals surface area contributed by atoms with Crippen molar-refractivity contribution in [3.8, 4) is 11.8 Å². The minimum Gasteiger partial charge on any atom is -0.497 e. The number of hydrogen-bond acceptors (Lipinski definition) is 4. The Morgan fingerprint density at radius 1 is 1.04 bits per heavy atom. The summed E-state index contributed by atoms with van der Waals surface area (Å²) in [6, 6.07) is 15.7. The van der Waals surface area contributed by atoms with Crippen molar-refractivity contribution in [3.63, 3.8) is 0 Å². The van der Waals surface area contributed by atoms with Gasteiger partial charge in [0.2, 0.25) is 11.8 Å². The van der Waals surface area contributed by atoms with Crippen molar-refractivity contribution in [2.75, 3.05) is 17.7 Å². The molecule has 3 rings (SSSR count). The maximum absolute atomic E-state index is 12.2. The first-order valence-corrected chi connectivity index (χ1v) is 7.86. The molecule has 2 amide bonds. The molecule has 0 aromatic heterocycles. The van der Waals surface area contributed by atoms with Gasteiger partial charge in [-0.2, -0.15) is 5.26 Å². The van der Waals surface area contributed by atoms with Crippen molar-refractivity contribution < 1.29 is 14.3 Å². The summed E-state index contributed by atoms with van der Waals surface area (Å²) in [6.07, 6.45) is 0.520. The first-order chi connectivity index (χ1) is 12.1. The van der Waals surface area contributed by atoms with Crippen molar-refractivity contribution >= 4 is 23.2 Å². The SMILES string of the molecule is COc1ccc(NC(=O)C2CC2C(=O)Nc2cccc(C#N)c2)cc1. The second kappa shape index (κ2) is 7.05. The highest BCUT2D eigenvalue weighted by molar-refractivity contribution is 6.03. The van der Waals surface area contributed by atoms with Crippen LogP contribution in [0.5, 0.6) is 5.75 Å². The summed E-state index contributed by atoms with van der Waals surface area (Å²) in [7, 11) is 1.58. The summed E-state index contributed by atoms with van der Waals surface area (Å²) in [5.74, 6) is -0.340. The molecule has 126 valence electrons. The third-order valence-corrected chi connectivity index (χ3v) is 4.08. The Hall–Kier alpha value is -3.33. The highest BCUT2D eigenvalue weighted by Gasteiger charge is 2.48. The molecule has 2 aromatic rings. The standard InChI is InChI=1S/C19H17N3O3/c1-25-15-7-5-13(6-8-15)21-18(23)16-10-17(16)19(24)22-14-4-2-3-12(9-14)11-20/h2-9,16-17H,10H2,1H3,(H,21,23)(H,22,24). The first kappa shape index (κ1) is 16.5. The minimum absolute atomic E-state index is 0.170. The molecule has 1 saturated carbocycles. The van der Waals surface area contributed by atoms with Gasteiger partial charge in [-0.1, -0.05) is 6.07 Å². The number of anilines is 2. The van der Waals surface area contributed by atoms with Gasteiger partial charge in [0.05, 0.1) is 30.6 Å². The van der Waals surface area contributed by atoms with Gasteiger partial charge >= 0.3 is 0 Å². The van der Waals surface area contributed by atoms with E-state index in [9.17, 15) is 9.59 Å². The van der Waals surface area contributed by atoms with Crippen LogP contribution in [0.3, 0.4) is 0 Å². The largest absolute Gasteiger partial charge is 0.497 e. The van der Waals surface area contributed by atoms with Crippen molar-refractivity contribution in [1.82, 2.24) is 0 Å². The lowest BCUT2D eigenvalue weighted by atomic mass is 10.2. The van der Waals surface area contributed by atoms with E-state index in [2.05, 4.69) is 10.6 Å². The Labute approximate surface area is 145 Å². The zero-order valence-electron chi connectivity index (χ0n) is 13.7. The van der Waals surface area contributed by atoms with Gasteiger partial charge in [-0.15, -0.1) is 0 Å². The molecule has 2 N–H and O–H groups in total. The van der Waals surface area contributed by atoms with Crippen LogP contribution in [0.1, 0.15) is 12.0 Å². The molecule has 2 aromatic carbocycles. The molecular formula is C19H17N3O3. The fourth-order valence-corrected chi connectivity index (χ4v) is 2.59. The summed E-state index contributed by atoms with van der Waals surface area (Å²) in [5, 5.41) is 14.4. The van der Waals surface area contributed by atoms with Crippen molar-refractivity contribution in [2.24, 2.45) is 11.8 Å². The number of benzene rings is 2. The molecule has 1 aliphatic carbocycles. The van der Waals surface area contributed by atoms with E-state index < -0.39 is 0 Å². The van der Waals surface area contributed by atoms with Gasteiger partial charge in [-0.3, -0.25) is 9.59 Å². The number of ether oxygens (including phenoxy) is 1. The van der Waals surface area contributed by atoms with Crippen molar-refractivity contribution in [2.45, 2.75) is 6.42 Å². The van der Waals surface area contributed by atoms with Gasteiger partial charge in [0.1, 0.15) is 5.75 Å². The molecule has 1 aliphatic rings. The Balaban J connectivity index is 1.55. The number of nitrogens with one attached hydrogen (secondary N) is 2. The van der Waals surface area contributed by atoms with Crippen molar-refractivity contribution in [1.29, 1.82) is 5.26 Å². The number of nitrogens with zero attached hydrogens (tertiary/aromatic N) is 1. The molecule has 6 nitrogen and oxygen atoms in total. The van der Waals surface area contributed by atoms with Crippen LogP contribution < -0.4 is 15.4 Å². The van der Waals surface area contributed by atoms with Gasteiger partial charge in [0, 0.05) is 11.4 Å². The molecule has 2 atom stereocenters. The van der Waals surface area contributed by atoms with E-state index in [-0.39, 0.29) is 23.7 Å². The lowest BCUT2D eigenvalue weighted by molar-refractivity contribution is -0.122. The number of carbonyl (C=O) groups is 2. The Morgan fingerprint density at radius 3 is 2.28 bits per heavy atom.